The third kappa shape index (κ3) is 2.55. The van der Waals surface area contributed by atoms with E-state index in [1.54, 1.807) is 0 Å². The van der Waals surface area contributed by atoms with Crippen LogP contribution in [-0.2, 0) is 20.3 Å². The van der Waals surface area contributed by atoms with Crippen LogP contribution in [0.5, 0.6) is 0 Å². The van der Waals surface area contributed by atoms with Gasteiger partial charge >= 0.3 is 0 Å². The number of hydrogen-bond donors (Lipinski definition) is 2. The van der Waals surface area contributed by atoms with Crippen molar-refractivity contribution in [3.8, 4) is 11.6 Å². The normalized spacial score (nSPS) is 21.5. The van der Waals surface area contributed by atoms with E-state index in [-0.39, 0.29) is 10.8 Å². The quantitative estimate of drug-likeness (QED) is 0.815. The van der Waals surface area contributed by atoms with Crippen molar-refractivity contribution in [1.82, 2.24) is 19.4 Å². The molecule has 2 aromatic rings. The Hall–Kier alpha value is -1.75. The summed E-state index contributed by atoms with van der Waals surface area (Å²) in [4.78, 5) is 7.39. The molecule has 4 rings (SSSR count). The highest BCUT2D eigenvalue weighted by Gasteiger charge is 2.39. The summed E-state index contributed by atoms with van der Waals surface area (Å²) in [5.74, 6) is 0.709. The van der Waals surface area contributed by atoms with Crippen molar-refractivity contribution >= 4 is 10.0 Å². The molecule has 0 amide bonds. The summed E-state index contributed by atoms with van der Waals surface area (Å²) in [6.45, 7) is 1.51. The minimum absolute atomic E-state index is 0.172. The molecule has 0 bridgehead atoms. The van der Waals surface area contributed by atoms with Gasteiger partial charge in [0.2, 0.25) is 10.0 Å². The molecule has 1 aliphatic carbocycles. The number of sulfonamides is 1. The Kier molecular flexibility index (Phi) is 3.71. The Morgan fingerprint density at radius 3 is 2.71 bits per heavy atom. The Bertz CT molecular complexity index is 833. The van der Waals surface area contributed by atoms with Crippen LogP contribution in [0.2, 0.25) is 0 Å². The van der Waals surface area contributed by atoms with Gasteiger partial charge in [0.15, 0.2) is 5.82 Å². The van der Waals surface area contributed by atoms with Gasteiger partial charge in [-0.05, 0) is 25.3 Å². The van der Waals surface area contributed by atoms with E-state index >= 15 is 0 Å². The van der Waals surface area contributed by atoms with Crippen LogP contribution in [0.25, 0.3) is 11.6 Å². The first-order valence-electron chi connectivity index (χ1n) is 7.89. The molecule has 0 radical (unpaired) electrons. The van der Waals surface area contributed by atoms with Crippen LogP contribution in [0, 0.1) is 0 Å². The highest BCUT2D eigenvalue weighted by atomic mass is 32.2. The minimum Gasteiger partial charge on any atom is -0.379 e. The summed E-state index contributed by atoms with van der Waals surface area (Å²) in [5, 5.41) is 3.94. The van der Waals surface area contributed by atoms with Crippen LogP contribution in [0.15, 0.2) is 21.7 Å². The lowest BCUT2D eigenvalue weighted by Gasteiger charge is -2.34. The second-order valence-electron chi connectivity index (χ2n) is 6.20. The largest absolute Gasteiger partial charge is 0.379 e. The zero-order valence-corrected chi connectivity index (χ0v) is 13.9. The molecule has 3 N–H and O–H groups in total. The maximum atomic E-state index is 12.6. The van der Waals surface area contributed by atoms with Crippen molar-refractivity contribution in [1.29, 1.82) is 0 Å². The number of morpholine rings is 1. The predicted octanol–water partition coefficient (Wildman–Crippen LogP) is 0.423. The molecule has 0 spiro atoms. The lowest BCUT2D eigenvalue weighted by atomic mass is 9.77. The number of rotatable bonds is 4. The van der Waals surface area contributed by atoms with E-state index in [1.165, 1.54) is 16.6 Å². The van der Waals surface area contributed by atoms with Gasteiger partial charge < -0.3 is 20.0 Å². The second-order valence-corrected chi connectivity index (χ2v) is 8.14. The molecule has 2 aromatic heterocycles. The highest BCUT2D eigenvalue weighted by Crippen LogP contribution is 2.37. The van der Waals surface area contributed by atoms with Gasteiger partial charge in [0.25, 0.3) is 5.89 Å². The number of H-pyrrole nitrogens is 1. The molecule has 2 aliphatic rings. The van der Waals surface area contributed by atoms with Crippen LogP contribution in [0.4, 0.5) is 0 Å². The maximum absolute atomic E-state index is 12.6. The van der Waals surface area contributed by atoms with E-state index in [0.29, 0.717) is 37.8 Å². The first-order chi connectivity index (χ1) is 11.5. The van der Waals surface area contributed by atoms with Gasteiger partial charge in [0.1, 0.15) is 10.6 Å². The molecule has 0 unspecified atom stereocenters. The topological polar surface area (TPSA) is 127 Å². The van der Waals surface area contributed by atoms with Crippen molar-refractivity contribution in [2.24, 2.45) is 5.73 Å². The number of hydrogen-bond acceptors (Lipinski definition) is 7. The zero-order valence-electron chi connectivity index (χ0n) is 13.1. The number of ether oxygens (including phenoxy) is 1. The molecule has 1 saturated carbocycles. The lowest BCUT2D eigenvalue weighted by Crippen LogP contribution is -2.44. The van der Waals surface area contributed by atoms with Crippen LogP contribution >= 0.6 is 0 Å². The summed E-state index contributed by atoms with van der Waals surface area (Å²) >= 11 is 0. The van der Waals surface area contributed by atoms with Gasteiger partial charge in [-0.15, -0.1) is 0 Å². The number of nitrogens with two attached hydrogens (primary N) is 1. The molecule has 130 valence electrons. The fourth-order valence-corrected chi connectivity index (χ4v) is 4.30. The smallest absolute Gasteiger partial charge is 0.274 e. The molecule has 9 nitrogen and oxygen atoms in total. The van der Waals surface area contributed by atoms with E-state index in [0.717, 1.165) is 19.3 Å². The first-order valence-corrected chi connectivity index (χ1v) is 9.33. The summed E-state index contributed by atoms with van der Waals surface area (Å²) < 4.78 is 37.1. The van der Waals surface area contributed by atoms with E-state index in [2.05, 4.69) is 15.1 Å². The molecule has 2 fully saturated rings. The predicted molar refractivity (Wildman–Crippen MR) is 83.4 cm³/mol. The fourth-order valence-electron chi connectivity index (χ4n) is 2.90. The van der Waals surface area contributed by atoms with Crippen molar-refractivity contribution in [2.45, 2.75) is 29.7 Å². The number of aromatic nitrogens is 3. The van der Waals surface area contributed by atoms with Gasteiger partial charge in [-0.1, -0.05) is 5.16 Å². The third-order valence-corrected chi connectivity index (χ3v) is 6.49. The number of nitrogens with zero attached hydrogens (tertiary/aromatic N) is 3. The molecular weight excluding hydrogens is 334 g/mol. The van der Waals surface area contributed by atoms with E-state index in [9.17, 15) is 8.42 Å². The summed E-state index contributed by atoms with van der Waals surface area (Å²) in [7, 11) is -3.56. The van der Waals surface area contributed by atoms with Gasteiger partial charge in [0.05, 0.1) is 18.8 Å². The summed E-state index contributed by atoms with van der Waals surface area (Å²) in [6, 6.07) is 1.51. The zero-order chi connectivity index (χ0) is 16.8. The van der Waals surface area contributed by atoms with Crippen molar-refractivity contribution < 1.29 is 17.7 Å². The number of aromatic amines is 1. The van der Waals surface area contributed by atoms with Crippen molar-refractivity contribution in [3.05, 3.63) is 18.1 Å². The van der Waals surface area contributed by atoms with E-state index < -0.39 is 15.6 Å². The molecule has 10 heteroatoms. The third-order valence-electron chi connectivity index (χ3n) is 4.61. The highest BCUT2D eigenvalue weighted by molar-refractivity contribution is 7.89. The molecule has 1 saturated heterocycles. The minimum atomic E-state index is -3.56. The van der Waals surface area contributed by atoms with Crippen LogP contribution in [-0.4, -0.2) is 54.2 Å². The Morgan fingerprint density at radius 1 is 1.29 bits per heavy atom. The SMILES string of the molecule is NC1(c2noc(-c3cc(S(=O)(=O)N4CCOCC4)c[nH]3)n2)CCC1. The van der Waals surface area contributed by atoms with Gasteiger partial charge in [-0.25, -0.2) is 8.42 Å². The molecular formula is C14H19N5O4S. The molecule has 1 aliphatic heterocycles. The Labute approximate surface area is 139 Å². The number of nitrogens with one attached hydrogen (secondary N) is 1. The van der Waals surface area contributed by atoms with Gasteiger partial charge in [0, 0.05) is 19.3 Å². The monoisotopic (exact) mass is 353 g/mol. The van der Waals surface area contributed by atoms with Crippen molar-refractivity contribution in [3.63, 3.8) is 0 Å². The summed E-state index contributed by atoms with van der Waals surface area (Å²) in [6.07, 6.45) is 4.14. The van der Waals surface area contributed by atoms with Crippen molar-refractivity contribution in [2.75, 3.05) is 26.3 Å². The Balaban J connectivity index is 1.58. The van der Waals surface area contributed by atoms with E-state index in [4.69, 9.17) is 15.0 Å². The average Bonchev–Trinajstić information content (AvgIpc) is 3.23. The lowest BCUT2D eigenvalue weighted by molar-refractivity contribution is 0.0730. The molecule has 24 heavy (non-hydrogen) atoms. The fraction of sp³-hybridized carbons (Fsp3) is 0.571. The Morgan fingerprint density at radius 2 is 2.04 bits per heavy atom. The van der Waals surface area contributed by atoms with Crippen LogP contribution < -0.4 is 5.73 Å². The summed E-state index contributed by atoms with van der Waals surface area (Å²) in [5.41, 5.74) is 6.12. The van der Waals surface area contributed by atoms with Gasteiger partial charge in [-0.3, -0.25) is 0 Å². The molecule has 3 heterocycles. The van der Waals surface area contributed by atoms with Crippen LogP contribution in [0.3, 0.4) is 0 Å². The van der Waals surface area contributed by atoms with E-state index in [1.807, 2.05) is 0 Å². The molecule has 0 atom stereocenters. The average molecular weight is 353 g/mol. The molecule has 0 aromatic carbocycles. The van der Waals surface area contributed by atoms with Crippen LogP contribution in [0.1, 0.15) is 25.1 Å². The standard InChI is InChI=1S/C14H19N5O4S/c15-14(2-1-3-14)13-17-12(23-18-13)11-8-10(9-16-11)24(20,21)19-4-6-22-7-5-19/h8-9,16H,1-7,15H2. The maximum Gasteiger partial charge on any atom is 0.274 e. The van der Waals surface area contributed by atoms with Gasteiger partial charge in [-0.2, -0.15) is 9.29 Å². The second kappa shape index (κ2) is 5.66. The first kappa shape index (κ1) is 15.8.